The predicted octanol–water partition coefficient (Wildman–Crippen LogP) is 6.58. The molecule has 1 atom stereocenters. The van der Waals surface area contributed by atoms with Crippen molar-refractivity contribution < 1.29 is 0 Å². The summed E-state index contributed by atoms with van der Waals surface area (Å²) in [6.45, 7) is 2.01. The van der Waals surface area contributed by atoms with Gasteiger partial charge >= 0.3 is 0 Å². The molecule has 0 bridgehead atoms. The van der Waals surface area contributed by atoms with Crippen molar-refractivity contribution in [1.82, 2.24) is 0 Å². The van der Waals surface area contributed by atoms with Crippen molar-refractivity contribution in [3.8, 4) is 0 Å². The molecule has 0 spiro atoms. The van der Waals surface area contributed by atoms with Crippen LogP contribution < -0.4 is 5.32 Å². The van der Waals surface area contributed by atoms with Gasteiger partial charge in [0.25, 0.3) is 0 Å². The molecular weight excluding hydrogens is 368 g/mol. The Bertz CT molecular complexity index is 601. The fraction of sp³-hybridized carbons (Fsp3) is 0.143. The number of anilines is 1. The van der Waals surface area contributed by atoms with E-state index in [2.05, 4.69) is 21.2 Å². The average molecular weight is 380 g/mol. The second kappa shape index (κ2) is 6.36. The van der Waals surface area contributed by atoms with E-state index >= 15 is 0 Å². The van der Waals surface area contributed by atoms with Gasteiger partial charge in [-0.05, 0) is 48.9 Å². The predicted molar refractivity (Wildman–Crippen MR) is 87.7 cm³/mol. The lowest BCUT2D eigenvalue weighted by molar-refractivity contribution is 0.885. The molecule has 2 aromatic carbocycles. The topological polar surface area (TPSA) is 12.0 Å². The molecule has 0 aliphatic heterocycles. The normalized spacial score (nSPS) is 12.3. The minimum Gasteiger partial charge on any atom is -0.377 e. The van der Waals surface area contributed by atoms with Crippen LogP contribution in [0.3, 0.4) is 0 Å². The Labute approximate surface area is 136 Å². The summed E-state index contributed by atoms with van der Waals surface area (Å²) in [7, 11) is 0. The van der Waals surface area contributed by atoms with Gasteiger partial charge in [-0.1, -0.05) is 50.7 Å². The van der Waals surface area contributed by atoms with E-state index in [4.69, 9.17) is 34.8 Å². The van der Waals surface area contributed by atoms with Crippen LogP contribution in [0, 0.1) is 0 Å². The third kappa shape index (κ3) is 3.79. The highest BCUT2D eigenvalue weighted by Gasteiger charge is 2.12. The summed E-state index contributed by atoms with van der Waals surface area (Å²) < 4.78 is 0.941. The monoisotopic (exact) mass is 377 g/mol. The van der Waals surface area contributed by atoms with Crippen molar-refractivity contribution in [1.29, 1.82) is 0 Å². The number of hydrogen-bond acceptors (Lipinski definition) is 1. The van der Waals surface area contributed by atoms with Crippen LogP contribution in [0.15, 0.2) is 40.9 Å². The minimum absolute atomic E-state index is 0.00451. The largest absolute Gasteiger partial charge is 0.377 e. The summed E-state index contributed by atoms with van der Waals surface area (Å²) >= 11 is 21.7. The van der Waals surface area contributed by atoms with Gasteiger partial charge in [0.15, 0.2) is 0 Å². The molecule has 0 aromatic heterocycles. The summed E-state index contributed by atoms with van der Waals surface area (Å²) in [6, 6.07) is 11.1. The van der Waals surface area contributed by atoms with Crippen LogP contribution in [0.2, 0.25) is 15.1 Å². The fourth-order valence-electron chi connectivity index (χ4n) is 1.76. The molecular formula is C14H11BrCl3N. The van der Waals surface area contributed by atoms with Crippen LogP contribution in [0.1, 0.15) is 18.5 Å². The highest BCUT2D eigenvalue weighted by Crippen LogP contribution is 2.32. The molecule has 0 heterocycles. The Hall–Kier alpha value is -0.410. The molecule has 0 saturated heterocycles. The number of halogens is 4. The lowest BCUT2D eigenvalue weighted by Gasteiger charge is -2.18. The van der Waals surface area contributed by atoms with Crippen LogP contribution in [0.5, 0.6) is 0 Å². The molecule has 2 aromatic rings. The molecule has 2 rings (SSSR count). The van der Waals surface area contributed by atoms with E-state index < -0.39 is 0 Å². The van der Waals surface area contributed by atoms with Crippen LogP contribution in [0.4, 0.5) is 5.69 Å². The average Bonchev–Trinajstić information content (AvgIpc) is 2.35. The van der Waals surface area contributed by atoms with Crippen molar-refractivity contribution >= 4 is 56.4 Å². The molecule has 0 fully saturated rings. The van der Waals surface area contributed by atoms with Crippen molar-refractivity contribution in [2.24, 2.45) is 0 Å². The Kier molecular flexibility index (Phi) is 5.02. The van der Waals surface area contributed by atoms with Crippen molar-refractivity contribution in [2.45, 2.75) is 13.0 Å². The minimum atomic E-state index is 0.00451. The van der Waals surface area contributed by atoms with Gasteiger partial charge in [-0.15, -0.1) is 0 Å². The molecule has 100 valence electrons. The quantitative estimate of drug-likeness (QED) is 0.635. The first-order valence-corrected chi connectivity index (χ1v) is 7.56. The summed E-state index contributed by atoms with van der Waals surface area (Å²) in [6.07, 6.45) is 0. The summed E-state index contributed by atoms with van der Waals surface area (Å²) in [5.41, 5.74) is 1.79. The van der Waals surface area contributed by atoms with E-state index in [9.17, 15) is 0 Å². The van der Waals surface area contributed by atoms with Crippen molar-refractivity contribution in [3.05, 3.63) is 61.5 Å². The van der Waals surface area contributed by atoms with Crippen molar-refractivity contribution in [3.63, 3.8) is 0 Å². The first kappa shape index (κ1) is 15.0. The van der Waals surface area contributed by atoms with Crippen LogP contribution in [-0.4, -0.2) is 0 Å². The van der Waals surface area contributed by atoms with Gasteiger partial charge in [-0.3, -0.25) is 0 Å². The molecule has 5 heteroatoms. The first-order valence-electron chi connectivity index (χ1n) is 5.64. The standard InChI is InChI=1S/C14H11BrCl3N/c1-8(11-7-10(16)3-4-12(11)17)19-14-5-2-9(15)6-13(14)18/h2-8,19H,1H3. The maximum atomic E-state index is 6.18. The van der Waals surface area contributed by atoms with Gasteiger partial charge in [0.1, 0.15) is 0 Å². The smallest absolute Gasteiger partial charge is 0.0648 e. The molecule has 0 saturated carbocycles. The molecule has 0 aliphatic carbocycles. The van der Waals surface area contributed by atoms with Crippen LogP contribution in [-0.2, 0) is 0 Å². The van der Waals surface area contributed by atoms with E-state index in [1.165, 1.54) is 0 Å². The number of hydrogen-bond donors (Lipinski definition) is 1. The zero-order chi connectivity index (χ0) is 14.0. The zero-order valence-corrected chi connectivity index (χ0v) is 13.9. The molecule has 0 radical (unpaired) electrons. The Morgan fingerprint density at radius 1 is 1.00 bits per heavy atom. The lowest BCUT2D eigenvalue weighted by Crippen LogP contribution is -2.07. The second-order valence-corrected chi connectivity index (χ2v) is 6.32. The van der Waals surface area contributed by atoms with Gasteiger partial charge in [-0.2, -0.15) is 0 Å². The highest BCUT2D eigenvalue weighted by atomic mass is 79.9. The number of nitrogens with one attached hydrogen (secondary N) is 1. The highest BCUT2D eigenvalue weighted by molar-refractivity contribution is 9.10. The van der Waals surface area contributed by atoms with Gasteiger partial charge in [0, 0.05) is 14.5 Å². The van der Waals surface area contributed by atoms with Crippen LogP contribution in [0.25, 0.3) is 0 Å². The molecule has 0 aliphatic rings. The van der Waals surface area contributed by atoms with Gasteiger partial charge in [-0.25, -0.2) is 0 Å². The van der Waals surface area contributed by atoms with Crippen LogP contribution >= 0.6 is 50.7 Å². The van der Waals surface area contributed by atoms with Gasteiger partial charge in [0.05, 0.1) is 16.8 Å². The molecule has 19 heavy (non-hydrogen) atoms. The molecule has 0 amide bonds. The third-order valence-electron chi connectivity index (χ3n) is 2.73. The van der Waals surface area contributed by atoms with E-state index in [0.29, 0.717) is 15.1 Å². The summed E-state index contributed by atoms with van der Waals surface area (Å²) in [5.74, 6) is 0. The van der Waals surface area contributed by atoms with E-state index in [1.54, 1.807) is 12.1 Å². The Morgan fingerprint density at radius 2 is 1.74 bits per heavy atom. The van der Waals surface area contributed by atoms with Gasteiger partial charge in [0.2, 0.25) is 0 Å². The first-order chi connectivity index (χ1) is 8.97. The molecule has 1 unspecified atom stereocenters. The van der Waals surface area contributed by atoms with E-state index in [-0.39, 0.29) is 6.04 Å². The van der Waals surface area contributed by atoms with Crippen molar-refractivity contribution in [2.75, 3.05) is 5.32 Å². The van der Waals surface area contributed by atoms with E-state index in [0.717, 1.165) is 15.7 Å². The maximum Gasteiger partial charge on any atom is 0.0648 e. The van der Waals surface area contributed by atoms with E-state index in [1.807, 2.05) is 31.2 Å². The summed E-state index contributed by atoms with van der Waals surface area (Å²) in [4.78, 5) is 0. The Morgan fingerprint density at radius 3 is 2.42 bits per heavy atom. The second-order valence-electron chi connectivity index (χ2n) is 4.16. The number of benzene rings is 2. The molecule has 1 N–H and O–H groups in total. The lowest BCUT2D eigenvalue weighted by atomic mass is 10.1. The zero-order valence-electron chi connectivity index (χ0n) is 10.1. The maximum absolute atomic E-state index is 6.18. The fourth-order valence-corrected chi connectivity index (χ4v) is 2.95. The Balaban J connectivity index is 2.25. The third-order valence-corrected chi connectivity index (χ3v) is 4.11. The van der Waals surface area contributed by atoms with Gasteiger partial charge < -0.3 is 5.32 Å². The SMILES string of the molecule is CC(Nc1ccc(Br)cc1Cl)c1cc(Cl)ccc1Cl. The molecule has 1 nitrogen and oxygen atoms in total. The summed E-state index contributed by atoms with van der Waals surface area (Å²) in [5, 5.41) is 5.32. The number of rotatable bonds is 3.